The lowest BCUT2D eigenvalue weighted by Crippen LogP contribution is -2.30. The molecule has 2 heterocycles. The SMILES string of the molecule is CC(NC(=O)CCC1CCNCC1)c1cccc(N2CCCC2)c1.Cl.Cl. The number of nitrogens with zero attached hydrogens (tertiary/aromatic N) is 1. The lowest BCUT2D eigenvalue weighted by molar-refractivity contribution is -0.122. The number of amides is 1. The Labute approximate surface area is 170 Å². The van der Waals surface area contributed by atoms with E-state index in [-0.39, 0.29) is 36.8 Å². The van der Waals surface area contributed by atoms with Crippen LogP contribution in [0.5, 0.6) is 0 Å². The summed E-state index contributed by atoms with van der Waals surface area (Å²) in [6.45, 7) is 6.60. The average Bonchev–Trinajstić information content (AvgIpc) is 3.16. The van der Waals surface area contributed by atoms with E-state index in [4.69, 9.17) is 0 Å². The zero-order chi connectivity index (χ0) is 16.8. The van der Waals surface area contributed by atoms with Gasteiger partial charge in [0.2, 0.25) is 5.91 Å². The van der Waals surface area contributed by atoms with Crippen LogP contribution in [-0.2, 0) is 4.79 Å². The van der Waals surface area contributed by atoms with Gasteiger partial charge >= 0.3 is 0 Å². The smallest absolute Gasteiger partial charge is 0.220 e. The number of carbonyl (C=O) groups is 1. The highest BCUT2D eigenvalue weighted by atomic mass is 35.5. The van der Waals surface area contributed by atoms with Crippen molar-refractivity contribution in [3.8, 4) is 0 Å². The van der Waals surface area contributed by atoms with Crippen LogP contribution in [0, 0.1) is 5.92 Å². The highest BCUT2D eigenvalue weighted by Gasteiger charge is 2.17. The Morgan fingerprint density at radius 1 is 1.23 bits per heavy atom. The summed E-state index contributed by atoms with van der Waals surface area (Å²) in [6.07, 6.45) is 6.66. The summed E-state index contributed by atoms with van der Waals surface area (Å²) in [5, 5.41) is 6.56. The summed E-state index contributed by atoms with van der Waals surface area (Å²) in [5.74, 6) is 0.901. The van der Waals surface area contributed by atoms with E-state index in [1.165, 1.54) is 36.9 Å². The van der Waals surface area contributed by atoms with Crippen molar-refractivity contribution < 1.29 is 4.79 Å². The molecule has 2 saturated heterocycles. The van der Waals surface area contributed by atoms with Gasteiger partial charge in [0.15, 0.2) is 0 Å². The molecule has 1 aromatic rings. The largest absolute Gasteiger partial charge is 0.372 e. The summed E-state index contributed by atoms with van der Waals surface area (Å²) in [4.78, 5) is 14.7. The first-order valence-corrected chi connectivity index (χ1v) is 9.57. The number of benzene rings is 1. The van der Waals surface area contributed by atoms with Gasteiger partial charge in [-0.25, -0.2) is 0 Å². The third-order valence-corrected chi connectivity index (χ3v) is 5.46. The molecule has 1 atom stereocenters. The van der Waals surface area contributed by atoms with Gasteiger partial charge in [-0.2, -0.15) is 0 Å². The molecule has 26 heavy (non-hydrogen) atoms. The van der Waals surface area contributed by atoms with E-state index in [0.29, 0.717) is 12.3 Å². The molecule has 0 radical (unpaired) electrons. The lowest BCUT2D eigenvalue weighted by atomic mass is 9.93. The van der Waals surface area contributed by atoms with Gasteiger partial charge in [0.05, 0.1) is 6.04 Å². The molecule has 0 aliphatic carbocycles. The van der Waals surface area contributed by atoms with Gasteiger partial charge in [-0.15, -0.1) is 24.8 Å². The quantitative estimate of drug-likeness (QED) is 0.754. The zero-order valence-electron chi connectivity index (χ0n) is 15.7. The van der Waals surface area contributed by atoms with E-state index in [2.05, 4.69) is 46.7 Å². The van der Waals surface area contributed by atoms with Crippen molar-refractivity contribution in [2.24, 2.45) is 5.92 Å². The molecule has 0 spiro atoms. The second-order valence-electron chi connectivity index (χ2n) is 7.31. The summed E-state index contributed by atoms with van der Waals surface area (Å²) >= 11 is 0. The van der Waals surface area contributed by atoms with E-state index >= 15 is 0 Å². The third-order valence-electron chi connectivity index (χ3n) is 5.46. The topological polar surface area (TPSA) is 44.4 Å². The molecule has 0 aromatic heterocycles. The van der Waals surface area contributed by atoms with Crippen LogP contribution in [0.25, 0.3) is 0 Å². The third kappa shape index (κ3) is 6.64. The van der Waals surface area contributed by atoms with Crippen molar-refractivity contribution in [3.05, 3.63) is 29.8 Å². The normalized spacial score (nSPS) is 18.6. The maximum atomic E-state index is 12.3. The van der Waals surface area contributed by atoms with Gasteiger partial charge in [-0.3, -0.25) is 4.79 Å². The van der Waals surface area contributed by atoms with Crippen LogP contribution in [0.1, 0.15) is 57.1 Å². The van der Waals surface area contributed by atoms with Crippen molar-refractivity contribution in [3.63, 3.8) is 0 Å². The van der Waals surface area contributed by atoms with E-state index in [1.807, 2.05) is 0 Å². The van der Waals surface area contributed by atoms with Gasteiger partial charge in [0.25, 0.3) is 0 Å². The number of rotatable bonds is 6. The van der Waals surface area contributed by atoms with Crippen LogP contribution in [0.2, 0.25) is 0 Å². The molecule has 1 amide bonds. The van der Waals surface area contributed by atoms with Crippen molar-refractivity contribution >= 4 is 36.4 Å². The molecule has 148 valence electrons. The highest BCUT2D eigenvalue weighted by molar-refractivity contribution is 5.85. The molecule has 1 aromatic carbocycles. The molecule has 0 saturated carbocycles. The van der Waals surface area contributed by atoms with Crippen LogP contribution >= 0.6 is 24.8 Å². The van der Waals surface area contributed by atoms with Gasteiger partial charge in [-0.05, 0) is 75.7 Å². The molecule has 2 aliphatic heterocycles. The van der Waals surface area contributed by atoms with Crippen LogP contribution < -0.4 is 15.5 Å². The Kier molecular flexibility index (Phi) is 10.4. The van der Waals surface area contributed by atoms with E-state index < -0.39 is 0 Å². The zero-order valence-corrected chi connectivity index (χ0v) is 17.3. The standard InChI is InChI=1S/C20H31N3O.2ClH/c1-16(22-20(24)8-7-17-9-11-21-12-10-17)18-5-4-6-19(15-18)23-13-2-3-14-23;;/h4-6,15-17,21H,2-3,7-14H2,1H3,(H,22,24);2*1H. The van der Waals surface area contributed by atoms with Crippen LogP contribution in [0.4, 0.5) is 5.69 Å². The van der Waals surface area contributed by atoms with Crippen molar-refractivity contribution in [2.45, 2.75) is 51.5 Å². The fourth-order valence-corrected chi connectivity index (χ4v) is 3.87. The monoisotopic (exact) mass is 401 g/mol. The maximum Gasteiger partial charge on any atom is 0.220 e. The molecule has 3 rings (SSSR count). The Balaban J connectivity index is 0.00000169. The summed E-state index contributed by atoms with van der Waals surface area (Å²) in [7, 11) is 0. The second kappa shape index (κ2) is 11.7. The molecular weight excluding hydrogens is 369 g/mol. The fourth-order valence-electron chi connectivity index (χ4n) is 3.87. The van der Waals surface area contributed by atoms with Gasteiger partial charge in [-0.1, -0.05) is 12.1 Å². The molecule has 2 fully saturated rings. The molecular formula is C20H33Cl2N3O. The molecule has 6 heteroatoms. The minimum atomic E-state index is 0. The van der Waals surface area contributed by atoms with Crippen LogP contribution in [0.3, 0.4) is 0 Å². The molecule has 2 N–H and O–H groups in total. The number of anilines is 1. The van der Waals surface area contributed by atoms with Gasteiger partial charge in [0.1, 0.15) is 0 Å². The minimum Gasteiger partial charge on any atom is -0.372 e. The number of hydrogen-bond acceptors (Lipinski definition) is 3. The van der Waals surface area contributed by atoms with Crippen LogP contribution in [0.15, 0.2) is 24.3 Å². The average molecular weight is 402 g/mol. The Morgan fingerprint density at radius 2 is 1.92 bits per heavy atom. The Morgan fingerprint density at radius 3 is 2.62 bits per heavy atom. The predicted octanol–water partition coefficient (Wildman–Crippen LogP) is 4.09. The Hall–Kier alpha value is -0.970. The minimum absolute atomic E-state index is 0. The highest BCUT2D eigenvalue weighted by Crippen LogP contribution is 2.24. The summed E-state index contributed by atoms with van der Waals surface area (Å²) in [6, 6.07) is 8.73. The first kappa shape index (κ1) is 23.1. The number of nitrogens with one attached hydrogen (secondary N) is 2. The van der Waals surface area contributed by atoms with Crippen molar-refractivity contribution in [1.82, 2.24) is 10.6 Å². The fraction of sp³-hybridized carbons (Fsp3) is 0.650. The number of carbonyl (C=O) groups excluding carboxylic acids is 1. The predicted molar refractivity (Wildman–Crippen MR) is 114 cm³/mol. The summed E-state index contributed by atoms with van der Waals surface area (Å²) in [5.41, 5.74) is 2.50. The first-order valence-electron chi connectivity index (χ1n) is 9.57. The second-order valence-corrected chi connectivity index (χ2v) is 7.31. The van der Waals surface area contributed by atoms with E-state index in [0.717, 1.165) is 32.6 Å². The Bertz CT molecular complexity index is 544. The number of piperidine rings is 1. The lowest BCUT2D eigenvalue weighted by Gasteiger charge is -2.23. The maximum absolute atomic E-state index is 12.3. The van der Waals surface area contributed by atoms with E-state index in [1.54, 1.807) is 0 Å². The summed E-state index contributed by atoms with van der Waals surface area (Å²) < 4.78 is 0. The molecule has 0 bridgehead atoms. The molecule has 2 aliphatic rings. The van der Waals surface area contributed by atoms with Gasteiger partial charge in [0, 0.05) is 25.2 Å². The van der Waals surface area contributed by atoms with Crippen LogP contribution in [-0.4, -0.2) is 32.1 Å². The first-order chi connectivity index (χ1) is 11.7. The van der Waals surface area contributed by atoms with Crippen molar-refractivity contribution in [2.75, 3.05) is 31.1 Å². The number of hydrogen-bond donors (Lipinski definition) is 2. The number of halogens is 2. The molecule has 4 nitrogen and oxygen atoms in total. The molecule has 1 unspecified atom stereocenters. The van der Waals surface area contributed by atoms with Gasteiger partial charge < -0.3 is 15.5 Å². The van der Waals surface area contributed by atoms with Crippen molar-refractivity contribution in [1.29, 1.82) is 0 Å². The van der Waals surface area contributed by atoms with E-state index in [9.17, 15) is 4.79 Å².